The molecule has 8 nitrogen and oxygen atoms in total. The molecule has 0 aliphatic carbocycles. The molecule has 30 heavy (non-hydrogen) atoms. The lowest BCUT2D eigenvalue weighted by Gasteiger charge is -2.27. The molecular weight excluding hydrogens is 459 g/mol. The molecule has 0 amide bonds. The third kappa shape index (κ3) is 4.73. The molecule has 0 aromatic heterocycles. The fourth-order valence-corrected chi connectivity index (χ4v) is 3.11. The van der Waals surface area contributed by atoms with Crippen LogP contribution >= 0.6 is 0 Å². The number of esters is 1. The number of benzene rings is 1. The monoisotopic (exact) mass is 471 g/mol. The molecule has 170 valence electrons. The van der Waals surface area contributed by atoms with Gasteiger partial charge in [-0.1, -0.05) is 0 Å². The number of nitro groups is 1. The van der Waals surface area contributed by atoms with Gasteiger partial charge >= 0.3 is 29.0 Å². The molecule has 0 heterocycles. The maximum atomic E-state index is 13.6. The van der Waals surface area contributed by atoms with Gasteiger partial charge in [-0.25, -0.2) is 13.2 Å². The van der Waals surface area contributed by atoms with E-state index in [4.69, 9.17) is 4.74 Å². The van der Waals surface area contributed by atoms with Crippen LogP contribution in [0.4, 0.5) is 36.4 Å². The van der Waals surface area contributed by atoms with Crippen molar-refractivity contribution in [1.29, 1.82) is 0 Å². The van der Waals surface area contributed by atoms with Gasteiger partial charge in [0.05, 0.1) is 15.9 Å². The molecule has 0 radical (unpaired) electrons. The van der Waals surface area contributed by atoms with E-state index in [9.17, 15) is 54.1 Å². The molecule has 0 aliphatic heterocycles. The molecule has 0 saturated carbocycles. The zero-order valence-corrected chi connectivity index (χ0v) is 15.7. The van der Waals surface area contributed by atoms with E-state index >= 15 is 0 Å². The fourth-order valence-electron chi connectivity index (χ4n) is 1.84. The molecule has 16 heteroatoms. The zero-order valence-electron chi connectivity index (χ0n) is 14.9. The SMILES string of the molecule is CC(C)OC(=O)COc1ccc(S(=O)(=O)C(F)(F)C(F)(F)C(F)(F)F)cc1[N+](=O)[O-]. The number of carbonyl (C=O) groups is 1. The van der Waals surface area contributed by atoms with E-state index in [0.29, 0.717) is 6.07 Å². The Morgan fingerprint density at radius 2 is 1.67 bits per heavy atom. The van der Waals surface area contributed by atoms with E-state index < -0.39 is 67.1 Å². The van der Waals surface area contributed by atoms with Crippen LogP contribution in [0.25, 0.3) is 0 Å². The van der Waals surface area contributed by atoms with Crippen molar-refractivity contribution in [2.24, 2.45) is 0 Å². The second-order valence-electron chi connectivity index (χ2n) is 5.81. The molecular formula is C14H12F7NO7S. The van der Waals surface area contributed by atoms with Gasteiger partial charge in [0.1, 0.15) is 0 Å². The van der Waals surface area contributed by atoms with Crippen LogP contribution in [0.3, 0.4) is 0 Å². The van der Waals surface area contributed by atoms with Crippen molar-refractivity contribution >= 4 is 21.5 Å². The van der Waals surface area contributed by atoms with Gasteiger partial charge in [-0.2, -0.15) is 30.7 Å². The Hall–Kier alpha value is -2.65. The number of carbonyl (C=O) groups excluding carboxylic acids is 1. The molecule has 0 bridgehead atoms. The first-order valence-electron chi connectivity index (χ1n) is 7.54. The minimum atomic E-state index is -7.00. The van der Waals surface area contributed by atoms with Crippen molar-refractivity contribution in [3.8, 4) is 5.75 Å². The van der Waals surface area contributed by atoms with Crippen LogP contribution in [0.15, 0.2) is 23.1 Å². The number of rotatable bonds is 8. The van der Waals surface area contributed by atoms with Gasteiger partial charge < -0.3 is 9.47 Å². The van der Waals surface area contributed by atoms with Crippen LogP contribution in [0.1, 0.15) is 13.8 Å². The average Bonchev–Trinajstić information content (AvgIpc) is 2.57. The van der Waals surface area contributed by atoms with Gasteiger partial charge in [-0.05, 0) is 26.0 Å². The van der Waals surface area contributed by atoms with Crippen LogP contribution < -0.4 is 4.74 Å². The zero-order chi connectivity index (χ0) is 23.7. The number of nitro benzene ring substituents is 1. The highest BCUT2D eigenvalue weighted by Gasteiger charge is 2.78. The quantitative estimate of drug-likeness (QED) is 0.247. The van der Waals surface area contributed by atoms with Gasteiger partial charge in [0.25, 0.3) is 9.84 Å². The number of ether oxygens (including phenoxy) is 2. The molecule has 0 N–H and O–H groups in total. The topological polar surface area (TPSA) is 113 Å². The predicted octanol–water partition coefficient (Wildman–Crippen LogP) is 3.49. The summed E-state index contributed by atoms with van der Waals surface area (Å²) in [6, 6.07) is 0.236. The summed E-state index contributed by atoms with van der Waals surface area (Å²) in [6.45, 7) is 1.97. The Morgan fingerprint density at radius 3 is 2.10 bits per heavy atom. The Kier molecular flexibility index (Phi) is 6.97. The summed E-state index contributed by atoms with van der Waals surface area (Å²) in [4.78, 5) is 19.1. The van der Waals surface area contributed by atoms with Crippen molar-refractivity contribution in [2.75, 3.05) is 6.61 Å². The first kappa shape index (κ1) is 25.4. The Morgan fingerprint density at radius 1 is 1.13 bits per heavy atom. The lowest BCUT2D eigenvalue weighted by atomic mass is 10.3. The van der Waals surface area contributed by atoms with E-state index in [2.05, 4.69) is 4.74 Å². The lowest BCUT2D eigenvalue weighted by Crippen LogP contribution is -2.55. The molecule has 0 atom stereocenters. The van der Waals surface area contributed by atoms with E-state index in [0.717, 1.165) is 0 Å². The van der Waals surface area contributed by atoms with Crippen LogP contribution in [0, 0.1) is 10.1 Å². The molecule has 0 saturated heterocycles. The predicted molar refractivity (Wildman–Crippen MR) is 83.0 cm³/mol. The summed E-state index contributed by atoms with van der Waals surface area (Å²) >= 11 is 0. The Balaban J connectivity index is 3.39. The number of hydrogen-bond donors (Lipinski definition) is 0. The minimum absolute atomic E-state index is 0.0891. The lowest BCUT2D eigenvalue weighted by molar-refractivity contribution is -0.386. The standard InChI is InChI=1S/C14H12F7NO7S/c1-7(2)29-11(23)6-28-10-4-3-8(5-9(10)22(24)25)30(26,27)14(20,21)12(15,16)13(17,18)19/h3-5,7H,6H2,1-2H3. The number of halogens is 7. The summed E-state index contributed by atoms with van der Waals surface area (Å²) in [5.74, 6) is -8.87. The van der Waals surface area contributed by atoms with Gasteiger partial charge in [-0.15, -0.1) is 0 Å². The summed E-state index contributed by atoms with van der Waals surface area (Å²) in [5, 5.41) is 4.34. The number of sulfone groups is 1. The van der Waals surface area contributed by atoms with E-state index in [-0.39, 0.29) is 12.1 Å². The summed E-state index contributed by atoms with van der Waals surface area (Å²) in [6.07, 6.45) is -7.53. The molecule has 1 aromatic carbocycles. The van der Waals surface area contributed by atoms with Gasteiger partial charge in [0, 0.05) is 6.07 Å². The van der Waals surface area contributed by atoms with Crippen LogP contribution in [-0.2, 0) is 19.4 Å². The van der Waals surface area contributed by atoms with Gasteiger partial charge in [0.15, 0.2) is 12.4 Å². The molecule has 0 unspecified atom stereocenters. The minimum Gasteiger partial charge on any atom is -0.475 e. The normalized spacial score (nSPS) is 13.3. The largest absolute Gasteiger partial charge is 0.475 e. The highest BCUT2D eigenvalue weighted by atomic mass is 32.2. The molecule has 0 spiro atoms. The van der Waals surface area contributed by atoms with Crippen LogP contribution in [0.2, 0.25) is 0 Å². The maximum absolute atomic E-state index is 13.6. The average molecular weight is 471 g/mol. The summed E-state index contributed by atoms with van der Waals surface area (Å²) in [5.41, 5.74) is -1.39. The van der Waals surface area contributed by atoms with Gasteiger partial charge in [0.2, 0.25) is 0 Å². The number of hydrogen-bond acceptors (Lipinski definition) is 7. The van der Waals surface area contributed by atoms with E-state index in [1.807, 2.05) is 0 Å². The Labute approximate surface area is 163 Å². The second-order valence-corrected chi connectivity index (χ2v) is 7.80. The van der Waals surface area contributed by atoms with Crippen molar-refractivity contribution in [1.82, 2.24) is 0 Å². The highest BCUT2D eigenvalue weighted by Crippen LogP contribution is 2.51. The van der Waals surface area contributed by atoms with E-state index in [1.165, 1.54) is 13.8 Å². The Bertz CT molecular complexity index is 929. The van der Waals surface area contributed by atoms with E-state index in [1.54, 1.807) is 0 Å². The first-order chi connectivity index (χ1) is 13.4. The van der Waals surface area contributed by atoms with Crippen LogP contribution in [0.5, 0.6) is 5.75 Å². The molecule has 1 aromatic rings. The van der Waals surface area contributed by atoms with Crippen molar-refractivity contribution in [3.63, 3.8) is 0 Å². The molecule has 0 fully saturated rings. The third-order valence-electron chi connectivity index (χ3n) is 3.21. The van der Waals surface area contributed by atoms with Crippen molar-refractivity contribution in [3.05, 3.63) is 28.3 Å². The van der Waals surface area contributed by atoms with Gasteiger partial charge in [-0.3, -0.25) is 10.1 Å². The highest BCUT2D eigenvalue weighted by molar-refractivity contribution is 7.92. The number of nitrogens with zero attached hydrogens (tertiary/aromatic N) is 1. The summed E-state index contributed by atoms with van der Waals surface area (Å²) < 4.78 is 123. The van der Waals surface area contributed by atoms with Crippen LogP contribution in [-0.4, -0.2) is 49.4 Å². The third-order valence-corrected chi connectivity index (χ3v) is 5.02. The molecule has 1 rings (SSSR count). The summed E-state index contributed by atoms with van der Waals surface area (Å²) in [7, 11) is -6.75. The first-order valence-corrected chi connectivity index (χ1v) is 9.02. The fraction of sp³-hybridized carbons (Fsp3) is 0.500. The van der Waals surface area contributed by atoms with Crippen molar-refractivity contribution in [2.45, 2.75) is 42.2 Å². The maximum Gasteiger partial charge on any atom is 0.461 e. The smallest absolute Gasteiger partial charge is 0.461 e. The second kappa shape index (κ2) is 8.23. The number of alkyl halides is 7. The molecule has 0 aliphatic rings. The van der Waals surface area contributed by atoms with Crippen molar-refractivity contribution < 1.29 is 58.3 Å².